The molecule has 0 radical (unpaired) electrons. The van der Waals surface area contributed by atoms with Crippen molar-refractivity contribution in [3.8, 4) is 5.75 Å². The molecule has 5 heteroatoms. The third kappa shape index (κ3) is 4.13. The van der Waals surface area contributed by atoms with E-state index >= 15 is 0 Å². The van der Waals surface area contributed by atoms with E-state index in [1.54, 1.807) is 36.6 Å². The van der Waals surface area contributed by atoms with Crippen molar-refractivity contribution in [3.05, 3.63) is 52.9 Å². The number of aryl methyl sites for hydroxylation is 1. The minimum absolute atomic E-state index is 0.360. The van der Waals surface area contributed by atoms with Crippen molar-refractivity contribution in [2.24, 2.45) is 0 Å². The van der Waals surface area contributed by atoms with Gasteiger partial charge in [-0.3, -0.25) is 0 Å². The molecule has 4 nitrogen and oxygen atoms in total. The van der Waals surface area contributed by atoms with Gasteiger partial charge in [0.05, 0.1) is 6.26 Å². The topological polar surface area (TPSA) is 59.7 Å². The standard InChI is InChI=1S/C14H13BrO4/c15-10-3-5-12(6-4-10)19-13(14(16)17)8-7-11-2-1-9-18-11/h1-6,9,13H,7-8H2,(H,16,17). The van der Waals surface area contributed by atoms with E-state index in [9.17, 15) is 4.79 Å². The Bertz CT molecular complexity index is 519. The summed E-state index contributed by atoms with van der Waals surface area (Å²) in [6.07, 6.45) is 1.58. The first-order valence-corrected chi connectivity index (χ1v) is 6.62. The summed E-state index contributed by atoms with van der Waals surface area (Å²) in [5.74, 6) is 0.315. The van der Waals surface area contributed by atoms with E-state index in [1.807, 2.05) is 6.07 Å². The molecule has 0 aliphatic rings. The Labute approximate surface area is 119 Å². The van der Waals surface area contributed by atoms with Crippen LogP contribution in [0.1, 0.15) is 12.2 Å². The fourth-order valence-corrected chi connectivity index (χ4v) is 1.90. The van der Waals surface area contributed by atoms with Crippen LogP contribution in [0.3, 0.4) is 0 Å². The Morgan fingerprint density at radius 3 is 2.63 bits per heavy atom. The maximum Gasteiger partial charge on any atom is 0.344 e. The highest BCUT2D eigenvalue weighted by molar-refractivity contribution is 9.10. The number of hydrogen-bond acceptors (Lipinski definition) is 3. The van der Waals surface area contributed by atoms with Gasteiger partial charge in [0.2, 0.25) is 0 Å². The summed E-state index contributed by atoms with van der Waals surface area (Å²) in [5, 5.41) is 9.15. The van der Waals surface area contributed by atoms with Crippen LogP contribution in [0.2, 0.25) is 0 Å². The molecule has 1 heterocycles. The van der Waals surface area contributed by atoms with E-state index < -0.39 is 12.1 Å². The zero-order valence-electron chi connectivity index (χ0n) is 10.1. The van der Waals surface area contributed by atoms with Gasteiger partial charge < -0.3 is 14.3 Å². The van der Waals surface area contributed by atoms with Gasteiger partial charge in [-0.15, -0.1) is 0 Å². The first-order chi connectivity index (χ1) is 9.15. The number of carboxylic acid groups (broad SMARTS) is 1. The summed E-state index contributed by atoms with van der Waals surface area (Å²) < 4.78 is 11.6. The predicted octanol–water partition coefficient (Wildman–Crippen LogP) is 3.51. The van der Waals surface area contributed by atoms with Crippen LogP contribution in [-0.4, -0.2) is 17.2 Å². The van der Waals surface area contributed by atoms with Crippen LogP contribution in [0, 0.1) is 0 Å². The molecule has 0 fully saturated rings. The lowest BCUT2D eigenvalue weighted by atomic mass is 10.1. The number of aliphatic carboxylic acids is 1. The molecule has 0 bridgehead atoms. The molecule has 0 saturated heterocycles. The summed E-state index contributed by atoms with van der Waals surface area (Å²) in [6.45, 7) is 0. The van der Waals surface area contributed by atoms with E-state index in [0.717, 1.165) is 10.2 Å². The van der Waals surface area contributed by atoms with Crippen molar-refractivity contribution >= 4 is 21.9 Å². The molecular formula is C14H13BrO4. The molecule has 1 unspecified atom stereocenters. The molecule has 2 aromatic rings. The SMILES string of the molecule is O=C(O)C(CCc1ccco1)Oc1ccc(Br)cc1. The van der Waals surface area contributed by atoms with Crippen molar-refractivity contribution in [1.82, 2.24) is 0 Å². The molecule has 1 N–H and O–H groups in total. The first kappa shape index (κ1) is 13.7. The summed E-state index contributed by atoms with van der Waals surface area (Å²) in [7, 11) is 0. The number of ether oxygens (including phenoxy) is 1. The highest BCUT2D eigenvalue weighted by Crippen LogP contribution is 2.19. The minimum atomic E-state index is -0.977. The van der Waals surface area contributed by atoms with Crippen LogP contribution in [-0.2, 0) is 11.2 Å². The average molecular weight is 325 g/mol. The van der Waals surface area contributed by atoms with Crippen molar-refractivity contribution in [2.45, 2.75) is 18.9 Å². The van der Waals surface area contributed by atoms with Gasteiger partial charge in [-0.2, -0.15) is 0 Å². The van der Waals surface area contributed by atoms with Crippen LogP contribution in [0.4, 0.5) is 0 Å². The highest BCUT2D eigenvalue weighted by atomic mass is 79.9. The normalized spacial score (nSPS) is 12.1. The summed E-state index contributed by atoms with van der Waals surface area (Å²) in [6, 6.07) is 10.7. The van der Waals surface area contributed by atoms with Gasteiger partial charge >= 0.3 is 5.97 Å². The maximum absolute atomic E-state index is 11.2. The molecule has 1 atom stereocenters. The fraction of sp³-hybridized carbons (Fsp3) is 0.214. The number of carboxylic acids is 1. The first-order valence-electron chi connectivity index (χ1n) is 5.82. The number of rotatable bonds is 6. The third-order valence-electron chi connectivity index (χ3n) is 2.60. The monoisotopic (exact) mass is 324 g/mol. The van der Waals surface area contributed by atoms with E-state index in [1.165, 1.54) is 0 Å². The number of carbonyl (C=O) groups is 1. The Morgan fingerprint density at radius 1 is 1.32 bits per heavy atom. The molecule has 19 heavy (non-hydrogen) atoms. The molecule has 100 valence electrons. The molecule has 0 spiro atoms. The Morgan fingerprint density at radius 2 is 2.05 bits per heavy atom. The van der Waals surface area contributed by atoms with Crippen LogP contribution in [0.15, 0.2) is 51.6 Å². The Kier molecular flexibility index (Phi) is 4.63. The summed E-state index contributed by atoms with van der Waals surface area (Å²) in [4.78, 5) is 11.2. The molecule has 0 aliphatic heterocycles. The highest BCUT2D eigenvalue weighted by Gasteiger charge is 2.19. The van der Waals surface area contributed by atoms with Crippen LogP contribution >= 0.6 is 15.9 Å². The molecule has 2 rings (SSSR count). The molecule has 1 aromatic carbocycles. The Balaban J connectivity index is 1.96. The van der Waals surface area contributed by atoms with E-state index in [2.05, 4.69) is 15.9 Å². The van der Waals surface area contributed by atoms with Crippen molar-refractivity contribution in [1.29, 1.82) is 0 Å². The lowest BCUT2D eigenvalue weighted by Gasteiger charge is -2.14. The van der Waals surface area contributed by atoms with Gasteiger partial charge in [0, 0.05) is 17.3 Å². The van der Waals surface area contributed by atoms with Gasteiger partial charge in [-0.25, -0.2) is 4.79 Å². The number of halogens is 1. The summed E-state index contributed by atoms with van der Waals surface area (Å²) in [5.41, 5.74) is 0. The zero-order valence-corrected chi connectivity index (χ0v) is 11.7. The molecular weight excluding hydrogens is 312 g/mol. The second kappa shape index (κ2) is 6.43. The molecule has 0 amide bonds. The molecule has 1 aromatic heterocycles. The fourth-order valence-electron chi connectivity index (χ4n) is 1.64. The van der Waals surface area contributed by atoms with E-state index in [-0.39, 0.29) is 0 Å². The predicted molar refractivity (Wildman–Crippen MR) is 73.2 cm³/mol. The third-order valence-corrected chi connectivity index (χ3v) is 3.13. The van der Waals surface area contributed by atoms with Crippen molar-refractivity contribution in [2.75, 3.05) is 0 Å². The largest absolute Gasteiger partial charge is 0.479 e. The average Bonchev–Trinajstić information content (AvgIpc) is 2.89. The van der Waals surface area contributed by atoms with Gasteiger partial charge in [-0.1, -0.05) is 15.9 Å². The number of hydrogen-bond donors (Lipinski definition) is 1. The number of benzene rings is 1. The van der Waals surface area contributed by atoms with E-state index in [0.29, 0.717) is 18.6 Å². The maximum atomic E-state index is 11.2. The van der Waals surface area contributed by atoms with Crippen LogP contribution in [0.5, 0.6) is 5.75 Å². The van der Waals surface area contributed by atoms with Gasteiger partial charge in [0.15, 0.2) is 6.10 Å². The second-order valence-electron chi connectivity index (χ2n) is 4.02. The van der Waals surface area contributed by atoms with Crippen molar-refractivity contribution < 1.29 is 19.1 Å². The minimum Gasteiger partial charge on any atom is -0.479 e. The lowest BCUT2D eigenvalue weighted by molar-refractivity contribution is -0.145. The summed E-state index contributed by atoms with van der Waals surface area (Å²) >= 11 is 3.31. The second-order valence-corrected chi connectivity index (χ2v) is 4.93. The number of furan rings is 1. The van der Waals surface area contributed by atoms with Crippen LogP contribution < -0.4 is 4.74 Å². The van der Waals surface area contributed by atoms with Crippen LogP contribution in [0.25, 0.3) is 0 Å². The molecule has 0 aliphatic carbocycles. The van der Waals surface area contributed by atoms with Crippen molar-refractivity contribution in [3.63, 3.8) is 0 Å². The Hall–Kier alpha value is -1.75. The lowest BCUT2D eigenvalue weighted by Crippen LogP contribution is -2.27. The van der Waals surface area contributed by atoms with E-state index in [4.69, 9.17) is 14.3 Å². The molecule has 0 saturated carbocycles. The smallest absolute Gasteiger partial charge is 0.344 e. The zero-order chi connectivity index (χ0) is 13.7. The quantitative estimate of drug-likeness (QED) is 0.883. The van der Waals surface area contributed by atoms with Gasteiger partial charge in [0.25, 0.3) is 0 Å². The van der Waals surface area contributed by atoms with Gasteiger partial charge in [0.1, 0.15) is 11.5 Å². The van der Waals surface area contributed by atoms with Gasteiger partial charge in [-0.05, 0) is 36.4 Å².